The van der Waals surface area contributed by atoms with Gasteiger partial charge in [-0.3, -0.25) is 0 Å². The summed E-state index contributed by atoms with van der Waals surface area (Å²) in [6, 6.07) is 0. The molecule has 0 unspecified atom stereocenters. The molecular formula is C9H14. The predicted molar refractivity (Wildman–Crippen MR) is 43.4 cm³/mol. The normalized spacial score (nSPS) is 13.9. The molecule has 50 valence electrons. The van der Waals surface area contributed by atoms with Gasteiger partial charge in [0.15, 0.2) is 0 Å². The van der Waals surface area contributed by atoms with Crippen LogP contribution in [0, 0.1) is 0 Å². The fraction of sp³-hybridized carbons (Fsp3) is 0.333. The fourth-order valence-electron chi connectivity index (χ4n) is 0.415. The minimum atomic E-state index is 1.30. The van der Waals surface area contributed by atoms with Gasteiger partial charge in [0.1, 0.15) is 0 Å². The van der Waals surface area contributed by atoms with E-state index >= 15 is 0 Å². The Morgan fingerprint density at radius 1 is 1.11 bits per heavy atom. The Balaban J connectivity index is 3.71. The summed E-state index contributed by atoms with van der Waals surface area (Å²) in [4.78, 5) is 0. The molecule has 0 aliphatic rings. The van der Waals surface area contributed by atoms with Crippen LogP contribution < -0.4 is 0 Å². The molecule has 0 heterocycles. The second-order valence-corrected chi connectivity index (χ2v) is 1.92. The van der Waals surface area contributed by atoms with E-state index in [1.165, 1.54) is 5.57 Å². The summed E-state index contributed by atoms with van der Waals surface area (Å²) in [5.41, 5.74) is 1.30. The summed E-state index contributed by atoms with van der Waals surface area (Å²) in [5.74, 6) is 0. The third-order valence-electron chi connectivity index (χ3n) is 1.12. The van der Waals surface area contributed by atoms with Crippen molar-refractivity contribution < 1.29 is 0 Å². The lowest BCUT2D eigenvalue weighted by molar-refractivity contribution is 1.48. The van der Waals surface area contributed by atoms with Crippen molar-refractivity contribution in [3.05, 3.63) is 36.0 Å². The largest absolute Gasteiger partial charge is 0.0877 e. The first-order chi connectivity index (χ1) is 4.31. The Hall–Kier alpha value is -0.780. The molecule has 0 N–H and O–H groups in total. The number of hydrogen-bond acceptors (Lipinski definition) is 0. The van der Waals surface area contributed by atoms with Crippen LogP contribution in [0.5, 0.6) is 0 Å². The van der Waals surface area contributed by atoms with Gasteiger partial charge < -0.3 is 0 Å². The van der Waals surface area contributed by atoms with Crippen molar-refractivity contribution in [2.45, 2.75) is 20.8 Å². The molecule has 0 saturated carbocycles. The van der Waals surface area contributed by atoms with Gasteiger partial charge in [-0.2, -0.15) is 0 Å². The Kier molecular flexibility index (Phi) is 4.89. The van der Waals surface area contributed by atoms with Crippen molar-refractivity contribution in [3.8, 4) is 0 Å². The molecule has 0 nitrogen and oxygen atoms in total. The fourth-order valence-corrected chi connectivity index (χ4v) is 0.415. The van der Waals surface area contributed by atoms with Gasteiger partial charge >= 0.3 is 0 Å². The van der Waals surface area contributed by atoms with Crippen LogP contribution >= 0.6 is 0 Å². The first kappa shape index (κ1) is 8.22. The highest BCUT2D eigenvalue weighted by Crippen LogP contribution is 1.92. The molecule has 0 amide bonds. The molecule has 9 heavy (non-hydrogen) atoms. The first-order valence-corrected chi connectivity index (χ1v) is 3.23. The van der Waals surface area contributed by atoms with E-state index in [1.807, 2.05) is 32.1 Å². The van der Waals surface area contributed by atoms with Crippen molar-refractivity contribution in [1.29, 1.82) is 0 Å². The van der Waals surface area contributed by atoms with E-state index in [1.54, 1.807) is 0 Å². The molecule has 0 aliphatic heterocycles. The van der Waals surface area contributed by atoms with Crippen LogP contribution in [0.15, 0.2) is 36.0 Å². The highest BCUT2D eigenvalue weighted by atomic mass is 13.8. The number of rotatable bonds is 2. The van der Waals surface area contributed by atoms with Crippen molar-refractivity contribution in [2.75, 3.05) is 0 Å². The molecule has 0 aromatic carbocycles. The third kappa shape index (κ3) is 5.09. The number of hydrogen-bond donors (Lipinski definition) is 0. The maximum Gasteiger partial charge on any atom is -0.0401 e. The summed E-state index contributed by atoms with van der Waals surface area (Å²) in [5, 5.41) is 0. The lowest BCUT2D eigenvalue weighted by atomic mass is 10.2. The lowest BCUT2D eigenvalue weighted by Crippen LogP contribution is -1.61. The zero-order valence-corrected chi connectivity index (χ0v) is 6.39. The lowest BCUT2D eigenvalue weighted by Gasteiger charge is -1.82. The Morgan fingerprint density at radius 3 is 2.22 bits per heavy atom. The Bertz CT molecular complexity index is 136. The Labute approximate surface area is 57.6 Å². The molecule has 0 saturated heterocycles. The van der Waals surface area contributed by atoms with Crippen molar-refractivity contribution in [2.24, 2.45) is 0 Å². The van der Waals surface area contributed by atoms with Gasteiger partial charge in [-0.1, -0.05) is 36.0 Å². The molecular weight excluding hydrogens is 108 g/mol. The average Bonchev–Trinajstić information content (AvgIpc) is 1.89. The van der Waals surface area contributed by atoms with E-state index < -0.39 is 0 Å². The van der Waals surface area contributed by atoms with Gasteiger partial charge in [-0.15, -0.1) is 0 Å². The zero-order chi connectivity index (χ0) is 7.11. The van der Waals surface area contributed by atoms with E-state index in [9.17, 15) is 0 Å². The molecule has 0 atom stereocenters. The maximum atomic E-state index is 2.08. The molecule has 0 radical (unpaired) electrons. The molecule has 0 bridgehead atoms. The quantitative estimate of drug-likeness (QED) is 0.494. The minimum absolute atomic E-state index is 1.30. The molecule has 0 spiro atoms. The average molecular weight is 122 g/mol. The van der Waals surface area contributed by atoms with Crippen LogP contribution in [-0.4, -0.2) is 0 Å². The van der Waals surface area contributed by atoms with Gasteiger partial charge in [0, 0.05) is 0 Å². The number of allylic oxidation sites excluding steroid dienone is 6. The summed E-state index contributed by atoms with van der Waals surface area (Å²) in [6.07, 6.45) is 10.2. The smallest absolute Gasteiger partial charge is 0.0401 e. The SMILES string of the molecule is C/C=C/C=C\C(C)=C\C. The predicted octanol–water partition coefficient (Wildman–Crippen LogP) is 3.08. The van der Waals surface area contributed by atoms with Gasteiger partial charge in [0.05, 0.1) is 0 Å². The van der Waals surface area contributed by atoms with E-state index in [4.69, 9.17) is 0 Å². The maximum absolute atomic E-state index is 2.08. The second kappa shape index (κ2) is 5.36. The van der Waals surface area contributed by atoms with Crippen LogP contribution in [0.3, 0.4) is 0 Å². The van der Waals surface area contributed by atoms with Crippen LogP contribution in [0.1, 0.15) is 20.8 Å². The van der Waals surface area contributed by atoms with Crippen LogP contribution in [-0.2, 0) is 0 Å². The van der Waals surface area contributed by atoms with Crippen molar-refractivity contribution in [3.63, 3.8) is 0 Å². The molecule has 0 aromatic heterocycles. The first-order valence-electron chi connectivity index (χ1n) is 3.23. The third-order valence-corrected chi connectivity index (χ3v) is 1.12. The van der Waals surface area contributed by atoms with E-state index in [0.717, 1.165) is 0 Å². The van der Waals surface area contributed by atoms with Crippen LogP contribution in [0.4, 0.5) is 0 Å². The van der Waals surface area contributed by atoms with Gasteiger partial charge in [-0.25, -0.2) is 0 Å². The highest BCUT2D eigenvalue weighted by Gasteiger charge is 1.71. The molecule has 0 rings (SSSR count). The van der Waals surface area contributed by atoms with Crippen LogP contribution in [0.25, 0.3) is 0 Å². The standard InChI is InChI=1S/C9H14/c1-4-6-7-8-9(3)5-2/h4-8H,1-3H3/b6-4+,8-7-,9-5+. The summed E-state index contributed by atoms with van der Waals surface area (Å²) in [6.45, 7) is 6.13. The summed E-state index contributed by atoms with van der Waals surface area (Å²) >= 11 is 0. The second-order valence-electron chi connectivity index (χ2n) is 1.92. The minimum Gasteiger partial charge on any atom is -0.0877 e. The summed E-state index contributed by atoms with van der Waals surface area (Å²) < 4.78 is 0. The van der Waals surface area contributed by atoms with Gasteiger partial charge in [0.25, 0.3) is 0 Å². The Morgan fingerprint density at radius 2 is 1.78 bits per heavy atom. The molecule has 0 aliphatic carbocycles. The molecule has 0 aromatic rings. The monoisotopic (exact) mass is 122 g/mol. The highest BCUT2D eigenvalue weighted by molar-refractivity contribution is 5.18. The van der Waals surface area contributed by atoms with E-state index in [0.29, 0.717) is 0 Å². The zero-order valence-electron chi connectivity index (χ0n) is 6.39. The topological polar surface area (TPSA) is 0 Å². The van der Waals surface area contributed by atoms with Crippen molar-refractivity contribution in [1.82, 2.24) is 0 Å². The van der Waals surface area contributed by atoms with Gasteiger partial charge in [-0.05, 0) is 20.8 Å². The van der Waals surface area contributed by atoms with E-state index in [-0.39, 0.29) is 0 Å². The van der Waals surface area contributed by atoms with Crippen molar-refractivity contribution >= 4 is 0 Å². The summed E-state index contributed by atoms with van der Waals surface area (Å²) in [7, 11) is 0. The van der Waals surface area contributed by atoms with E-state index in [2.05, 4.69) is 19.1 Å². The van der Waals surface area contributed by atoms with Crippen LogP contribution in [0.2, 0.25) is 0 Å². The molecule has 0 fully saturated rings. The van der Waals surface area contributed by atoms with Gasteiger partial charge in [0.2, 0.25) is 0 Å². The molecule has 0 heteroatoms.